The van der Waals surface area contributed by atoms with Crippen LogP contribution in [0.2, 0.25) is 0 Å². The first-order valence-corrected chi connectivity index (χ1v) is 9.24. The van der Waals surface area contributed by atoms with E-state index in [4.69, 9.17) is 4.74 Å². The number of amides is 1. The highest BCUT2D eigenvalue weighted by Crippen LogP contribution is 2.64. The van der Waals surface area contributed by atoms with Gasteiger partial charge in [-0.05, 0) is 42.0 Å². The first-order chi connectivity index (χ1) is 12.8. The Morgan fingerprint density at radius 3 is 2.48 bits per heavy atom. The van der Waals surface area contributed by atoms with Gasteiger partial charge in [-0.2, -0.15) is 0 Å². The molecule has 0 saturated heterocycles. The van der Waals surface area contributed by atoms with Crippen LogP contribution in [0.25, 0.3) is 0 Å². The number of para-hydroxylation sites is 1. The van der Waals surface area contributed by atoms with Crippen molar-refractivity contribution in [3.05, 3.63) is 65.7 Å². The molecule has 1 aliphatic carbocycles. The van der Waals surface area contributed by atoms with Crippen molar-refractivity contribution in [1.29, 1.82) is 0 Å². The minimum absolute atomic E-state index is 0.0868. The van der Waals surface area contributed by atoms with Crippen LogP contribution in [0.4, 0.5) is 8.78 Å². The van der Waals surface area contributed by atoms with E-state index >= 15 is 0 Å². The van der Waals surface area contributed by atoms with Gasteiger partial charge in [0.05, 0.1) is 6.61 Å². The molecule has 1 atom stereocenters. The smallest absolute Gasteiger partial charge is 0.220 e. The Morgan fingerprint density at radius 2 is 1.85 bits per heavy atom. The predicted octanol–water partition coefficient (Wildman–Crippen LogP) is 4.61. The fourth-order valence-electron chi connectivity index (χ4n) is 3.72. The molecule has 1 saturated carbocycles. The van der Waals surface area contributed by atoms with Crippen molar-refractivity contribution < 1.29 is 18.3 Å². The first-order valence-electron chi connectivity index (χ1n) is 9.24. The zero-order valence-corrected chi connectivity index (χ0v) is 15.7. The fraction of sp³-hybridized carbons (Fsp3) is 0.409. The topological polar surface area (TPSA) is 38.3 Å². The van der Waals surface area contributed by atoms with E-state index in [1.807, 2.05) is 44.2 Å². The molecule has 3 rings (SSSR count). The van der Waals surface area contributed by atoms with E-state index in [1.54, 1.807) is 0 Å². The van der Waals surface area contributed by atoms with Crippen molar-refractivity contribution in [2.75, 3.05) is 13.2 Å². The lowest BCUT2D eigenvalue weighted by atomic mass is 9.87. The summed E-state index contributed by atoms with van der Waals surface area (Å²) in [7, 11) is 0. The van der Waals surface area contributed by atoms with Gasteiger partial charge >= 0.3 is 0 Å². The average molecular weight is 373 g/mol. The van der Waals surface area contributed by atoms with Gasteiger partial charge in [0.15, 0.2) is 0 Å². The summed E-state index contributed by atoms with van der Waals surface area (Å²) >= 11 is 0. The van der Waals surface area contributed by atoms with Gasteiger partial charge in [-0.15, -0.1) is 0 Å². The van der Waals surface area contributed by atoms with Crippen LogP contribution in [0.15, 0.2) is 48.5 Å². The normalized spacial score (nSPS) is 20.1. The Labute approximate surface area is 158 Å². The van der Waals surface area contributed by atoms with Crippen LogP contribution in [0.1, 0.15) is 38.7 Å². The third-order valence-electron chi connectivity index (χ3n) is 5.51. The average Bonchev–Trinajstić information content (AvgIpc) is 3.19. The third kappa shape index (κ3) is 4.29. The summed E-state index contributed by atoms with van der Waals surface area (Å²) in [6, 6.07) is 13.1. The summed E-state index contributed by atoms with van der Waals surface area (Å²) in [6.07, 6.45) is 1.69. The molecule has 144 valence electrons. The van der Waals surface area contributed by atoms with Crippen molar-refractivity contribution in [2.45, 2.75) is 38.5 Å². The van der Waals surface area contributed by atoms with Crippen LogP contribution >= 0.6 is 0 Å². The molecule has 0 heterocycles. The predicted molar refractivity (Wildman–Crippen MR) is 101 cm³/mol. The SMILES string of the molecule is CC1(C)CC1(CNC(=O)CCCOc1ccccc1)c1ccc(F)cc1F. The number of rotatable bonds is 8. The standard InChI is InChI=1S/C22H25F2NO2/c1-21(2)14-22(21,18-11-10-16(23)13-19(18)24)15-25-20(26)9-6-12-27-17-7-4-3-5-8-17/h3-5,7-8,10-11,13H,6,9,12,14-15H2,1-2H3,(H,25,26). The molecule has 2 aromatic rings. The molecule has 1 N–H and O–H groups in total. The number of nitrogens with one attached hydrogen (secondary N) is 1. The minimum Gasteiger partial charge on any atom is -0.494 e. The van der Waals surface area contributed by atoms with Crippen molar-refractivity contribution in [3.8, 4) is 5.75 Å². The van der Waals surface area contributed by atoms with Gasteiger partial charge in [0.25, 0.3) is 0 Å². The number of hydrogen-bond donors (Lipinski definition) is 1. The van der Waals surface area contributed by atoms with Crippen molar-refractivity contribution in [3.63, 3.8) is 0 Å². The summed E-state index contributed by atoms with van der Waals surface area (Å²) in [5.74, 6) is -0.446. The van der Waals surface area contributed by atoms with E-state index in [1.165, 1.54) is 12.1 Å². The minimum atomic E-state index is -0.590. The second kappa shape index (κ2) is 7.67. The maximum atomic E-state index is 14.3. The quantitative estimate of drug-likeness (QED) is 0.687. The van der Waals surface area contributed by atoms with Gasteiger partial charge in [-0.25, -0.2) is 8.78 Å². The van der Waals surface area contributed by atoms with E-state index in [9.17, 15) is 13.6 Å². The van der Waals surface area contributed by atoms with E-state index in [0.29, 0.717) is 31.6 Å². The third-order valence-corrected chi connectivity index (χ3v) is 5.51. The number of benzene rings is 2. The molecule has 1 fully saturated rings. The highest BCUT2D eigenvalue weighted by molar-refractivity contribution is 5.76. The van der Waals surface area contributed by atoms with Crippen molar-refractivity contribution >= 4 is 5.91 Å². The van der Waals surface area contributed by atoms with Crippen LogP contribution < -0.4 is 10.1 Å². The van der Waals surface area contributed by atoms with Crippen LogP contribution in [0, 0.1) is 17.0 Å². The maximum absolute atomic E-state index is 14.3. The monoisotopic (exact) mass is 373 g/mol. The van der Waals surface area contributed by atoms with Gasteiger partial charge in [0, 0.05) is 24.4 Å². The lowest BCUT2D eigenvalue weighted by Gasteiger charge is -2.22. The molecule has 0 aromatic heterocycles. The number of carbonyl (C=O) groups is 1. The second-order valence-electron chi connectivity index (χ2n) is 7.81. The largest absolute Gasteiger partial charge is 0.494 e. The zero-order chi connectivity index (χ0) is 19.5. The molecule has 0 aliphatic heterocycles. The number of halogens is 2. The first kappa shape index (κ1) is 19.3. The fourth-order valence-corrected chi connectivity index (χ4v) is 3.72. The van der Waals surface area contributed by atoms with Gasteiger partial charge in [-0.1, -0.05) is 38.1 Å². The molecule has 5 heteroatoms. The van der Waals surface area contributed by atoms with Crippen molar-refractivity contribution in [2.24, 2.45) is 5.41 Å². The molecule has 0 bridgehead atoms. The number of hydrogen-bond acceptors (Lipinski definition) is 2. The second-order valence-corrected chi connectivity index (χ2v) is 7.81. The molecule has 27 heavy (non-hydrogen) atoms. The van der Waals surface area contributed by atoms with Crippen LogP contribution in [-0.4, -0.2) is 19.1 Å². The Kier molecular flexibility index (Phi) is 5.49. The molecular formula is C22H25F2NO2. The summed E-state index contributed by atoms with van der Waals surface area (Å²) < 4.78 is 33.1. The van der Waals surface area contributed by atoms with Crippen molar-refractivity contribution in [1.82, 2.24) is 5.32 Å². The van der Waals surface area contributed by atoms with Crippen LogP contribution in [0.3, 0.4) is 0 Å². The summed E-state index contributed by atoms with van der Waals surface area (Å²) in [6.45, 7) is 4.88. The van der Waals surface area contributed by atoms with E-state index in [2.05, 4.69) is 5.32 Å². The molecule has 1 unspecified atom stereocenters. The lowest BCUT2D eigenvalue weighted by Crippen LogP contribution is -2.35. The Bertz CT molecular complexity index is 807. The van der Waals surface area contributed by atoms with E-state index in [-0.39, 0.29) is 11.3 Å². The molecule has 0 spiro atoms. The molecular weight excluding hydrogens is 348 g/mol. The Balaban J connectivity index is 1.51. The number of ether oxygens (including phenoxy) is 1. The molecule has 1 amide bonds. The summed E-state index contributed by atoms with van der Waals surface area (Å²) in [5, 5.41) is 2.93. The van der Waals surface area contributed by atoms with Gasteiger partial charge in [0.1, 0.15) is 17.4 Å². The molecule has 2 aromatic carbocycles. The van der Waals surface area contributed by atoms with E-state index in [0.717, 1.165) is 18.2 Å². The highest BCUT2D eigenvalue weighted by atomic mass is 19.1. The Hall–Kier alpha value is -2.43. The van der Waals surface area contributed by atoms with Gasteiger partial charge in [-0.3, -0.25) is 4.79 Å². The molecule has 1 aliphatic rings. The van der Waals surface area contributed by atoms with Gasteiger partial charge < -0.3 is 10.1 Å². The summed E-state index contributed by atoms with van der Waals surface area (Å²) in [5.41, 5.74) is -0.155. The molecule has 0 radical (unpaired) electrons. The highest BCUT2D eigenvalue weighted by Gasteiger charge is 2.62. The lowest BCUT2D eigenvalue weighted by molar-refractivity contribution is -0.121. The Morgan fingerprint density at radius 1 is 1.15 bits per heavy atom. The number of carbonyl (C=O) groups excluding carboxylic acids is 1. The maximum Gasteiger partial charge on any atom is 0.220 e. The van der Waals surface area contributed by atoms with Crippen LogP contribution in [-0.2, 0) is 10.2 Å². The van der Waals surface area contributed by atoms with Crippen LogP contribution in [0.5, 0.6) is 5.75 Å². The van der Waals surface area contributed by atoms with E-state index < -0.39 is 17.0 Å². The molecule has 3 nitrogen and oxygen atoms in total. The van der Waals surface area contributed by atoms with Gasteiger partial charge in [0.2, 0.25) is 5.91 Å². The zero-order valence-electron chi connectivity index (χ0n) is 15.7. The summed E-state index contributed by atoms with van der Waals surface area (Å²) in [4.78, 5) is 12.2.